The Hall–Kier alpha value is -3.03. The average Bonchev–Trinajstić information content (AvgIpc) is 3.03. The van der Waals surface area contributed by atoms with Crippen molar-refractivity contribution in [3.8, 4) is 0 Å². The van der Waals surface area contributed by atoms with Crippen LogP contribution in [0.4, 0.5) is 4.39 Å². The van der Waals surface area contributed by atoms with Crippen molar-refractivity contribution in [3.05, 3.63) is 76.6 Å². The molecule has 1 amide bonds. The van der Waals surface area contributed by atoms with E-state index in [0.717, 1.165) is 18.7 Å². The van der Waals surface area contributed by atoms with Crippen LogP contribution in [0.2, 0.25) is 0 Å². The van der Waals surface area contributed by atoms with Crippen molar-refractivity contribution >= 4 is 17.4 Å². The maximum atomic E-state index is 14.8. The van der Waals surface area contributed by atoms with Crippen LogP contribution in [-0.4, -0.2) is 66.0 Å². The van der Waals surface area contributed by atoms with Crippen molar-refractivity contribution in [1.29, 1.82) is 0 Å². The topological polar surface area (TPSA) is 70.1 Å². The number of aliphatic hydroxyl groups is 1. The van der Waals surface area contributed by atoms with E-state index < -0.39 is 23.5 Å². The van der Waals surface area contributed by atoms with Gasteiger partial charge in [0.15, 0.2) is 0 Å². The Labute approximate surface area is 180 Å². The van der Waals surface area contributed by atoms with Gasteiger partial charge in [-0.15, -0.1) is 0 Å². The van der Waals surface area contributed by atoms with Crippen LogP contribution in [-0.2, 0) is 14.3 Å². The molecule has 6 nitrogen and oxygen atoms in total. The average molecular weight is 424 g/mol. The van der Waals surface area contributed by atoms with Gasteiger partial charge in [-0.3, -0.25) is 14.5 Å². The van der Waals surface area contributed by atoms with Crippen LogP contribution in [0.3, 0.4) is 0 Å². The second kappa shape index (κ2) is 8.99. The molecule has 1 atom stereocenters. The number of Topliss-reactive ketones (excluding diaryl/α,β-unsaturated/α-hetero) is 1. The van der Waals surface area contributed by atoms with E-state index in [-0.39, 0.29) is 23.4 Å². The fourth-order valence-corrected chi connectivity index (χ4v) is 4.07. The highest BCUT2D eigenvalue weighted by Crippen LogP contribution is 2.40. The van der Waals surface area contributed by atoms with Crippen LogP contribution in [0.15, 0.2) is 54.1 Å². The number of carbonyl (C=O) groups excluding carboxylic acids is 2. The molecule has 2 aromatic carbocycles. The SMILES string of the molecule is Cc1ccc(C(O)=C2C(=O)C(=O)N(CCN3CCOCC3)[C@H]2c2ccccc2F)cc1. The van der Waals surface area contributed by atoms with E-state index in [1.54, 1.807) is 30.3 Å². The first-order valence-corrected chi connectivity index (χ1v) is 10.4. The van der Waals surface area contributed by atoms with E-state index in [4.69, 9.17) is 4.74 Å². The van der Waals surface area contributed by atoms with Crippen molar-refractivity contribution in [2.24, 2.45) is 0 Å². The molecule has 2 fully saturated rings. The van der Waals surface area contributed by atoms with Gasteiger partial charge in [-0.2, -0.15) is 0 Å². The Morgan fingerprint density at radius 1 is 1.06 bits per heavy atom. The number of likely N-dealkylation sites (tertiary alicyclic amines) is 1. The number of aryl methyl sites for hydroxylation is 1. The van der Waals surface area contributed by atoms with Crippen LogP contribution in [0, 0.1) is 12.7 Å². The molecular formula is C24H25FN2O4. The fourth-order valence-electron chi connectivity index (χ4n) is 4.07. The number of ether oxygens (including phenoxy) is 1. The molecule has 2 aliphatic rings. The number of morpholine rings is 1. The Bertz CT molecular complexity index is 1010. The van der Waals surface area contributed by atoms with Gasteiger partial charge in [-0.25, -0.2) is 4.39 Å². The highest BCUT2D eigenvalue weighted by atomic mass is 19.1. The summed E-state index contributed by atoms with van der Waals surface area (Å²) in [6.07, 6.45) is 0. The molecule has 162 valence electrons. The second-order valence-electron chi connectivity index (χ2n) is 7.83. The van der Waals surface area contributed by atoms with E-state index in [9.17, 15) is 19.1 Å². The number of halogens is 1. The van der Waals surface area contributed by atoms with Gasteiger partial charge >= 0.3 is 0 Å². The number of amides is 1. The molecule has 0 saturated carbocycles. The van der Waals surface area contributed by atoms with Gasteiger partial charge in [0.2, 0.25) is 0 Å². The zero-order chi connectivity index (χ0) is 22.0. The van der Waals surface area contributed by atoms with Crippen molar-refractivity contribution in [1.82, 2.24) is 9.80 Å². The molecule has 2 aromatic rings. The van der Waals surface area contributed by atoms with E-state index >= 15 is 0 Å². The number of hydrogen-bond donors (Lipinski definition) is 1. The predicted octanol–water partition coefficient (Wildman–Crippen LogP) is 2.89. The van der Waals surface area contributed by atoms with Gasteiger partial charge in [0.1, 0.15) is 11.6 Å². The van der Waals surface area contributed by atoms with Gasteiger partial charge < -0.3 is 14.7 Å². The lowest BCUT2D eigenvalue weighted by atomic mass is 9.94. The molecule has 0 unspecified atom stereocenters. The third-order valence-corrected chi connectivity index (χ3v) is 5.83. The van der Waals surface area contributed by atoms with Gasteiger partial charge in [0, 0.05) is 37.3 Å². The number of hydrogen-bond acceptors (Lipinski definition) is 5. The molecular weight excluding hydrogens is 399 g/mol. The Kier molecular flexibility index (Phi) is 6.15. The molecule has 7 heteroatoms. The number of ketones is 1. The fraction of sp³-hybridized carbons (Fsp3) is 0.333. The Morgan fingerprint density at radius 3 is 2.42 bits per heavy atom. The van der Waals surface area contributed by atoms with Crippen molar-refractivity contribution in [3.63, 3.8) is 0 Å². The molecule has 31 heavy (non-hydrogen) atoms. The van der Waals surface area contributed by atoms with Crippen LogP contribution in [0.5, 0.6) is 0 Å². The largest absolute Gasteiger partial charge is 0.507 e. The quantitative estimate of drug-likeness (QED) is 0.454. The maximum absolute atomic E-state index is 14.8. The third-order valence-electron chi connectivity index (χ3n) is 5.83. The number of carbonyl (C=O) groups is 2. The van der Waals surface area contributed by atoms with Crippen molar-refractivity contribution in [2.75, 3.05) is 39.4 Å². The van der Waals surface area contributed by atoms with Gasteiger partial charge in [-0.05, 0) is 13.0 Å². The Morgan fingerprint density at radius 2 is 1.74 bits per heavy atom. The predicted molar refractivity (Wildman–Crippen MR) is 114 cm³/mol. The van der Waals surface area contributed by atoms with Gasteiger partial charge in [0.25, 0.3) is 11.7 Å². The molecule has 1 N–H and O–H groups in total. The van der Waals surface area contributed by atoms with Crippen LogP contribution < -0.4 is 0 Å². The van der Waals surface area contributed by atoms with E-state index in [1.165, 1.54) is 11.0 Å². The summed E-state index contributed by atoms with van der Waals surface area (Å²) in [7, 11) is 0. The summed E-state index contributed by atoms with van der Waals surface area (Å²) in [5.41, 5.74) is 1.52. The van der Waals surface area contributed by atoms with Crippen molar-refractivity contribution in [2.45, 2.75) is 13.0 Å². The lowest BCUT2D eigenvalue weighted by molar-refractivity contribution is -0.140. The minimum atomic E-state index is -0.983. The zero-order valence-corrected chi connectivity index (χ0v) is 17.4. The highest BCUT2D eigenvalue weighted by Gasteiger charge is 2.46. The second-order valence-corrected chi connectivity index (χ2v) is 7.83. The van der Waals surface area contributed by atoms with E-state index in [2.05, 4.69) is 4.90 Å². The van der Waals surface area contributed by atoms with Crippen LogP contribution in [0.25, 0.3) is 5.76 Å². The van der Waals surface area contributed by atoms with E-state index in [0.29, 0.717) is 25.3 Å². The highest BCUT2D eigenvalue weighted by molar-refractivity contribution is 6.46. The van der Waals surface area contributed by atoms with Crippen LogP contribution in [0.1, 0.15) is 22.7 Å². The molecule has 2 heterocycles. The number of aliphatic hydroxyl groups excluding tert-OH is 1. The molecule has 0 aliphatic carbocycles. The normalized spacial score (nSPS) is 21.6. The summed E-state index contributed by atoms with van der Waals surface area (Å²) >= 11 is 0. The monoisotopic (exact) mass is 424 g/mol. The minimum Gasteiger partial charge on any atom is -0.507 e. The summed E-state index contributed by atoms with van der Waals surface area (Å²) in [6.45, 7) is 5.38. The van der Waals surface area contributed by atoms with Gasteiger partial charge in [-0.1, -0.05) is 48.0 Å². The molecule has 2 aliphatic heterocycles. The van der Waals surface area contributed by atoms with Crippen LogP contribution >= 0.6 is 0 Å². The third kappa shape index (κ3) is 4.24. The summed E-state index contributed by atoms with van der Waals surface area (Å²) in [5, 5.41) is 11.0. The summed E-state index contributed by atoms with van der Waals surface area (Å²) in [6, 6.07) is 12.1. The lowest BCUT2D eigenvalue weighted by Gasteiger charge is -2.31. The molecule has 0 radical (unpaired) electrons. The number of nitrogens with zero attached hydrogens (tertiary/aromatic N) is 2. The first-order valence-electron chi connectivity index (χ1n) is 10.4. The van der Waals surface area contributed by atoms with Crippen molar-refractivity contribution < 1.29 is 23.8 Å². The number of rotatable bonds is 5. The summed E-state index contributed by atoms with van der Waals surface area (Å²) in [4.78, 5) is 29.4. The summed E-state index contributed by atoms with van der Waals surface area (Å²) in [5.74, 6) is -2.34. The first-order chi connectivity index (χ1) is 15.0. The molecule has 0 aromatic heterocycles. The van der Waals surface area contributed by atoms with E-state index in [1.807, 2.05) is 19.1 Å². The lowest BCUT2D eigenvalue weighted by Crippen LogP contribution is -2.42. The first kappa shape index (κ1) is 21.2. The summed E-state index contributed by atoms with van der Waals surface area (Å²) < 4.78 is 20.1. The Balaban J connectivity index is 1.75. The molecule has 0 spiro atoms. The zero-order valence-electron chi connectivity index (χ0n) is 17.4. The molecule has 4 rings (SSSR count). The molecule has 0 bridgehead atoms. The maximum Gasteiger partial charge on any atom is 0.295 e. The minimum absolute atomic E-state index is 0.0825. The number of benzene rings is 2. The smallest absolute Gasteiger partial charge is 0.295 e. The van der Waals surface area contributed by atoms with Gasteiger partial charge in [0.05, 0.1) is 24.8 Å². The molecule has 2 saturated heterocycles. The standard InChI is InChI=1S/C24H25FN2O4/c1-16-6-8-17(9-7-16)22(28)20-21(18-4-2-3-5-19(18)25)27(24(30)23(20)29)11-10-26-12-14-31-15-13-26/h2-9,21,28H,10-15H2,1H3/t21-/m0/s1.